The largest absolute Gasteiger partial charge is 0.459 e. The second-order valence-corrected chi connectivity index (χ2v) is 2.57. The SMILES string of the molecule is CCn1cccc1COC(C)=O. The number of ether oxygens (including phenoxy) is 1. The van der Waals surface area contributed by atoms with Crippen LogP contribution >= 0.6 is 0 Å². The van der Waals surface area contributed by atoms with Crippen LogP contribution in [0.25, 0.3) is 0 Å². The summed E-state index contributed by atoms with van der Waals surface area (Å²) in [6.07, 6.45) is 1.97. The molecule has 1 aromatic heterocycles. The fourth-order valence-corrected chi connectivity index (χ4v) is 1.06. The van der Waals surface area contributed by atoms with E-state index >= 15 is 0 Å². The smallest absolute Gasteiger partial charge is 0.303 e. The van der Waals surface area contributed by atoms with Crippen molar-refractivity contribution in [3.05, 3.63) is 24.0 Å². The first-order valence-corrected chi connectivity index (χ1v) is 4.01. The molecular weight excluding hydrogens is 154 g/mol. The number of aromatic nitrogens is 1. The average Bonchev–Trinajstić information content (AvgIpc) is 2.47. The molecule has 1 heterocycles. The summed E-state index contributed by atoms with van der Waals surface area (Å²) in [5.74, 6) is -0.237. The molecule has 1 aromatic rings. The molecule has 0 fully saturated rings. The van der Waals surface area contributed by atoms with Gasteiger partial charge in [-0.1, -0.05) is 0 Å². The third-order valence-electron chi connectivity index (χ3n) is 1.69. The molecule has 12 heavy (non-hydrogen) atoms. The molecule has 66 valence electrons. The molecule has 0 spiro atoms. The number of hydrogen-bond acceptors (Lipinski definition) is 2. The van der Waals surface area contributed by atoms with Crippen LogP contribution in [0.2, 0.25) is 0 Å². The molecule has 0 saturated carbocycles. The normalized spacial score (nSPS) is 9.83. The van der Waals surface area contributed by atoms with Gasteiger partial charge in [-0.3, -0.25) is 4.79 Å². The molecule has 0 aliphatic carbocycles. The summed E-state index contributed by atoms with van der Waals surface area (Å²) in [4.78, 5) is 10.5. The molecular formula is C9H13NO2. The molecule has 0 unspecified atom stereocenters. The third-order valence-corrected chi connectivity index (χ3v) is 1.69. The van der Waals surface area contributed by atoms with Crippen LogP contribution in [0.5, 0.6) is 0 Å². The Morgan fingerprint density at radius 3 is 3.00 bits per heavy atom. The van der Waals surface area contributed by atoms with Crippen molar-refractivity contribution in [2.75, 3.05) is 0 Å². The lowest BCUT2D eigenvalue weighted by molar-refractivity contribution is -0.142. The van der Waals surface area contributed by atoms with Gasteiger partial charge >= 0.3 is 5.97 Å². The summed E-state index contributed by atoms with van der Waals surface area (Å²) in [7, 11) is 0. The Bertz CT molecular complexity index is 265. The van der Waals surface area contributed by atoms with Gasteiger partial charge in [0.25, 0.3) is 0 Å². The van der Waals surface area contributed by atoms with Crippen molar-refractivity contribution in [1.29, 1.82) is 0 Å². The van der Waals surface area contributed by atoms with Crippen LogP contribution in [-0.2, 0) is 22.7 Å². The molecule has 0 radical (unpaired) electrons. The first-order valence-electron chi connectivity index (χ1n) is 4.01. The van der Waals surface area contributed by atoms with E-state index < -0.39 is 0 Å². The molecule has 0 aliphatic heterocycles. The van der Waals surface area contributed by atoms with Crippen LogP contribution in [0.1, 0.15) is 19.5 Å². The van der Waals surface area contributed by atoms with Crippen molar-refractivity contribution in [3.63, 3.8) is 0 Å². The van der Waals surface area contributed by atoms with Gasteiger partial charge in [0.1, 0.15) is 6.61 Å². The molecule has 3 heteroatoms. The lowest BCUT2D eigenvalue weighted by Crippen LogP contribution is -2.04. The summed E-state index contributed by atoms with van der Waals surface area (Å²) >= 11 is 0. The molecule has 0 aromatic carbocycles. The molecule has 0 saturated heterocycles. The second-order valence-electron chi connectivity index (χ2n) is 2.57. The van der Waals surface area contributed by atoms with Crippen LogP contribution in [0.15, 0.2) is 18.3 Å². The summed E-state index contributed by atoms with van der Waals surface area (Å²) in [6.45, 7) is 4.75. The maximum Gasteiger partial charge on any atom is 0.303 e. The molecule has 0 aliphatic rings. The Morgan fingerprint density at radius 2 is 2.42 bits per heavy atom. The fourth-order valence-electron chi connectivity index (χ4n) is 1.06. The molecule has 0 amide bonds. The first kappa shape index (κ1) is 8.84. The number of carbonyl (C=O) groups is 1. The summed E-state index contributed by atoms with van der Waals surface area (Å²) in [5, 5.41) is 0. The zero-order chi connectivity index (χ0) is 8.97. The van der Waals surface area contributed by atoms with E-state index in [1.165, 1.54) is 6.92 Å². The number of esters is 1. The Hall–Kier alpha value is -1.25. The van der Waals surface area contributed by atoms with Crippen LogP contribution in [-0.4, -0.2) is 10.5 Å². The van der Waals surface area contributed by atoms with Crippen LogP contribution in [0.3, 0.4) is 0 Å². The number of aryl methyl sites for hydroxylation is 1. The van der Waals surface area contributed by atoms with Crippen LogP contribution < -0.4 is 0 Å². The van der Waals surface area contributed by atoms with Gasteiger partial charge in [-0.15, -0.1) is 0 Å². The number of hydrogen-bond donors (Lipinski definition) is 0. The Kier molecular flexibility index (Phi) is 2.91. The summed E-state index contributed by atoms with van der Waals surface area (Å²) in [5.41, 5.74) is 1.03. The van der Waals surface area contributed by atoms with Gasteiger partial charge < -0.3 is 9.30 Å². The van der Waals surface area contributed by atoms with Crippen molar-refractivity contribution < 1.29 is 9.53 Å². The highest BCUT2D eigenvalue weighted by atomic mass is 16.5. The highest BCUT2D eigenvalue weighted by Crippen LogP contribution is 2.03. The van der Waals surface area contributed by atoms with Gasteiger partial charge in [0, 0.05) is 19.7 Å². The van der Waals surface area contributed by atoms with Crippen molar-refractivity contribution in [1.82, 2.24) is 4.57 Å². The summed E-state index contributed by atoms with van der Waals surface area (Å²) < 4.78 is 6.91. The first-order chi connectivity index (χ1) is 5.74. The second kappa shape index (κ2) is 3.95. The molecule has 0 N–H and O–H groups in total. The van der Waals surface area contributed by atoms with Crippen LogP contribution in [0.4, 0.5) is 0 Å². The fraction of sp³-hybridized carbons (Fsp3) is 0.444. The molecule has 0 atom stereocenters. The topological polar surface area (TPSA) is 31.2 Å². The van der Waals surface area contributed by atoms with Crippen LogP contribution in [0, 0.1) is 0 Å². The van der Waals surface area contributed by atoms with E-state index in [4.69, 9.17) is 4.74 Å². The van der Waals surface area contributed by atoms with Gasteiger partial charge in [-0.05, 0) is 19.1 Å². The van der Waals surface area contributed by atoms with E-state index in [0.717, 1.165) is 12.2 Å². The maximum absolute atomic E-state index is 10.5. The van der Waals surface area contributed by atoms with E-state index in [0.29, 0.717) is 6.61 Å². The quantitative estimate of drug-likeness (QED) is 0.640. The lowest BCUT2D eigenvalue weighted by Gasteiger charge is -2.05. The monoisotopic (exact) mass is 167 g/mol. The van der Waals surface area contributed by atoms with E-state index in [2.05, 4.69) is 6.92 Å². The zero-order valence-electron chi connectivity index (χ0n) is 7.41. The van der Waals surface area contributed by atoms with E-state index in [1.54, 1.807) is 0 Å². The van der Waals surface area contributed by atoms with Gasteiger partial charge in [0.05, 0.1) is 5.69 Å². The average molecular weight is 167 g/mol. The minimum absolute atomic E-state index is 0.237. The highest BCUT2D eigenvalue weighted by molar-refractivity contribution is 5.65. The van der Waals surface area contributed by atoms with E-state index in [1.807, 2.05) is 22.9 Å². The number of carbonyl (C=O) groups excluding carboxylic acids is 1. The van der Waals surface area contributed by atoms with Gasteiger partial charge in [0.15, 0.2) is 0 Å². The van der Waals surface area contributed by atoms with Crippen molar-refractivity contribution in [3.8, 4) is 0 Å². The van der Waals surface area contributed by atoms with Gasteiger partial charge in [-0.2, -0.15) is 0 Å². The predicted octanol–water partition coefficient (Wildman–Crippen LogP) is 1.57. The van der Waals surface area contributed by atoms with E-state index in [-0.39, 0.29) is 5.97 Å². The van der Waals surface area contributed by atoms with Crippen molar-refractivity contribution in [2.24, 2.45) is 0 Å². The molecule has 3 nitrogen and oxygen atoms in total. The number of rotatable bonds is 3. The third kappa shape index (κ3) is 2.12. The molecule has 1 rings (SSSR count). The maximum atomic E-state index is 10.5. The minimum Gasteiger partial charge on any atom is -0.459 e. The van der Waals surface area contributed by atoms with Gasteiger partial charge in [-0.25, -0.2) is 0 Å². The Morgan fingerprint density at radius 1 is 1.67 bits per heavy atom. The van der Waals surface area contributed by atoms with Gasteiger partial charge in [0.2, 0.25) is 0 Å². The predicted molar refractivity (Wildman–Crippen MR) is 45.6 cm³/mol. The van der Waals surface area contributed by atoms with Crippen molar-refractivity contribution >= 4 is 5.97 Å². The number of nitrogens with zero attached hydrogens (tertiary/aromatic N) is 1. The van der Waals surface area contributed by atoms with E-state index in [9.17, 15) is 4.79 Å². The summed E-state index contributed by atoms with van der Waals surface area (Å²) in [6, 6.07) is 3.90. The lowest BCUT2D eigenvalue weighted by atomic mass is 10.4. The van der Waals surface area contributed by atoms with Crippen molar-refractivity contribution in [2.45, 2.75) is 27.0 Å². The molecule has 0 bridgehead atoms. The zero-order valence-corrected chi connectivity index (χ0v) is 7.41. The highest BCUT2D eigenvalue weighted by Gasteiger charge is 2.00. The minimum atomic E-state index is -0.237. The standard InChI is InChI=1S/C9H13NO2/c1-3-10-6-4-5-9(10)7-12-8(2)11/h4-6H,3,7H2,1-2H3. The Labute approximate surface area is 72.0 Å². The Balaban J connectivity index is 2.56.